The van der Waals surface area contributed by atoms with Crippen LogP contribution in [-0.4, -0.2) is 34.9 Å². The summed E-state index contributed by atoms with van der Waals surface area (Å²) in [5.41, 5.74) is -1.13. The van der Waals surface area contributed by atoms with Gasteiger partial charge in [0.05, 0.1) is 17.6 Å². The zero-order chi connectivity index (χ0) is 21.5. The maximum absolute atomic E-state index is 12.7. The molecule has 8 nitrogen and oxygen atoms in total. The molecule has 4 atom stereocenters. The molecule has 0 bridgehead atoms. The molecule has 2 heterocycles. The van der Waals surface area contributed by atoms with Crippen molar-refractivity contribution in [3.63, 3.8) is 0 Å². The van der Waals surface area contributed by atoms with Crippen LogP contribution in [0.4, 0.5) is 0 Å². The van der Waals surface area contributed by atoms with E-state index in [0.717, 1.165) is 0 Å². The van der Waals surface area contributed by atoms with Crippen LogP contribution in [-0.2, 0) is 19.1 Å². The summed E-state index contributed by atoms with van der Waals surface area (Å²) in [5, 5.41) is 10.4. The number of benzene rings is 1. The molecule has 2 aromatic rings. The van der Waals surface area contributed by atoms with Gasteiger partial charge in [-0.15, -0.1) is 0 Å². The number of ether oxygens (including phenoxy) is 3. The van der Waals surface area contributed by atoms with Crippen molar-refractivity contribution in [2.75, 3.05) is 0 Å². The lowest BCUT2D eigenvalue weighted by molar-refractivity contribution is -0.192. The van der Waals surface area contributed by atoms with Crippen LogP contribution in [0.2, 0.25) is 0 Å². The van der Waals surface area contributed by atoms with Gasteiger partial charge in [-0.2, -0.15) is 0 Å². The SMILES string of the molecule is CC(=O)O[C@H]1[C@@H](OC(=O)C(C)C(C)O)c2c(ccc3ccc(=O)oc23)OC1(C)C. The number of carbonyl (C=O) groups excluding carboxylic acids is 2. The molecule has 1 aromatic heterocycles. The van der Waals surface area contributed by atoms with Crippen molar-refractivity contribution in [2.45, 2.75) is 58.5 Å². The van der Waals surface area contributed by atoms with Gasteiger partial charge in [-0.05, 0) is 45.9 Å². The number of hydrogen-bond acceptors (Lipinski definition) is 8. The van der Waals surface area contributed by atoms with E-state index in [-0.39, 0.29) is 5.58 Å². The normalized spacial score (nSPS) is 22.1. The molecule has 1 aliphatic heterocycles. The summed E-state index contributed by atoms with van der Waals surface area (Å²) in [5.74, 6) is -1.73. The second-order valence-corrected chi connectivity index (χ2v) is 7.77. The first-order valence-electron chi connectivity index (χ1n) is 9.33. The number of fused-ring (bicyclic) bond motifs is 3. The monoisotopic (exact) mass is 404 g/mol. The minimum absolute atomic E-state index is 0.185. The average Bonchev–Trinajstić information content (AvgIpc) is 2.62. The third-order valence-corrected chi connectivity index (χ3v) is 5.04. The molecular weight excluding hydrogens is 380 g/mol. The van der Waals surface area contributed by atoms with Crippen LogP contribution in [0.25, 0.3) is 11.0 Å². The molecule has 3 rings (SSSR count). The molecule has 0 aliphatic carbocycles. The van der Waals surface area contributed by atoms with Crippen LogP contribution >= 0.6 is 0 Å². The first-order chi connectivity index (χ1) is 13.5. The molecule has 8 heteroatoms. The van der Waals surface area contributed by atoms with E-state index in [1.165, 1.54) is 26.8 Å². The van der Waals surface area contributed by atoms with Crippen molar-refractivity contribution in [2.24, 2.45) is 5.92 Å². The molecule has 156 valence electrons. The molecule has 0 saturated heterocycles. The summed E-state index contributed by atoms with van der Waals surface area (Å²) >= 11 is 0. The van der Waals surface area contributed by atoms with E-state index in [4.69, 9.17) is 18.6 Å². The van der Waals surface area contributed by atoms with E-state index in [2.05, 4.69) is 0 Å². The molecule has 1 aromatic carbocycles. The molecule has 0 fully saturated rings. The third-order valence-electron chi connectivity index (χ3n) is 5.04. The number of aliphatic hydroxyl groups excluding tert-OH is 1. The molecule has 0 saturated carbocycles. The van der Waals surface area contributed by atoms with E-state index >= 15 is 0 Å². The van der Waals surface area contributed by atoms with E-state index in [1.807, 2.05) is 0 Å². The summed E-state index contributed by atoms with van der Waals surface area (Å²) in [6.45, 7) is 7.65. The molecule has 0 radical (unpaired) electrons. The summed E-state index contributed by atoms with van der Waals surface area (Å²) in [6.07, 6.45) is -3.04. The highest BCUT2D eigenvalue weighted by Crippen LogP contribution is 2.46. The highest BCUT2D eigenvalue weighted by molar-refractivity contribution is 5.84. The molecule has 1 N–H and O–H groups in total. The van der Waals surface area contributed by atoms with E-state index in [0.29, 0.717) is 16.7 Å². The first-order valence-corrected chi connectivity index (χ1v) is 9.33. The molecule has 1 aliphatic rings. The van der Waals surface area contributed by atoms with Gasteiger partial charge in [0.1, 0.15) is 16.9 Å². The van der Waals surface area contributed by atoms with Crippen molar-refractivity contribution >= 4 is 22.9 Å². The molecule has 0 spiro atoms. The van der Waals surface area contributed by atoms with Crippen LogP contribution in [0.15, 0.2) is 33.5 Å². The van der Waals surface area contributed by atoms with Crippen molar-refractivity contribution in [3.8, 4) is 5.75 Å². The Kier molecular flexibility index (Phi) is 5.40. The van der Waals surface area contributed by atoms with Gasteiger partial charge in [0, 0.05) is 18.4 Å². The second-order valence-electron chi connectivity index (χ2n) is 7.77. The van der Waals surface area contributed by atoms with Crippen molar-refractivity contribution in [3.05, 3.63) is 40.2 Å². The maximum atomic E-state index is 12.7. The number of hydrogen-bond donors (Lipinski definition) is 1. The highest BCUT2D eigenvalue weighted by atomic mass is 16.6. The molecule has 29 heavy (non-hydrogen) atoms. The molecular formula is C21H24O8. The summed E-state index contributed by atoms with van der Waals surface area (Å²) < 4.78 is 22.6. The third kappa shape index (κ3) is 3.98. The van der Waals surface area contributed by atoms with Gasteiger partial charge in [0.15, 0.2) is 12.2 Å². The molecule has 0 amide bonds. The lowest BCUT2D eigenvalue weighted by Gasteiger charge is -2.43. The van der Waals surface area contributed by atoms with E-state index in [1.54, 1.807) is 32.0 Å². The number of carbonyl (C=O) groups is 2. The van der Waals surface area contributed by atoms with Crippen LogP contribution in [0.1, 0.15) is 46.3 Å². The number of aliphatic hydroxyl groups is 1. The van der Waals surface area contributed by atoms with Gasteiger partial charge in [0.2, 0.25) is 0 Å². The topological polar surface area (TPSA) is 112 Å². The first kappa shape index (κ1) is 20.9. The fourth-order valence-electron chi connectivity index (χ4n) is 3.28. The smallest absolute Gasteiger partial charge is 0.336 e. The van der Waals surface area contributed by atoms with E-state index < -0.39 is 47.4 Å². The lowest BCUT2D eigenvalue weighted by atomic mass is 9.87. The second kappa shape index (κ2) is 7.51. The van der Waals surface area contributed by atoms with Crippen molar-refractivity contribution in [1.29, 1.82) is 0 Å². The van der Waals surface area contributed by atoms with Crippen LogP contribution in [0.3, 0.4) is 0 Å². The Morgan fingerprint density at radius 3 is 2.41 bits per heavy atom. The minimum Gasteiger partial charge on any atom is -0.483 e. The Balaban J connectivity index is 2.21. The quantitative estimate of drug-likeness (QED) is 0.611. The van der Waals surface area contributed by atoms with Crippen molar-refractivity contribution in [1.82, 2.24) is 0 Å². The largest absolute Gasteiger partial charge is 0.483 e. The van der Waals surface area contributed by atoms with E-state index in [9.17, 15) is 19.5 Å². The van der Waals surface area contributed by atoms with Gasteiger partial charge < -0.3 is 23.7 Å². The predicted octanol–water partition coefficient (Wildman–Crippen LogP) is 2.50. The van der Waals surface area contributed by atoms with Crippen LogP contribution in [0, 0.1) is 5.92 Å². The summed E-state index contributed by atoms with van der Waals surface area (Å²) in [4.78, 5) is 36.3. The maximum Gasteiger partial charge on any atom is 0.336 e. The van der Waals surface area contributed by atoms with Crippen molar-refractivity contribution < 1.29 is 33.3 Å². The van der Waals surface area contributed by atoms with Gasteiger partial charge >= 0.3 is 17.6 Å². The Labute approximate surface area is 167 Å². The van der Waals surface area contributed by atoms with Gasteiger partial charge in [-0.25, -0.2) is 4.79 Å². The minimum atomic E-state index is -1.10. The Hall–Kier alpha value is -2.87. The fraction of sp³-hybridized carbons (Fsp3) is 0.476. The molecule has 2 unspecified atom stereocenters. The lowest BCUT2D eigenvalue weighted by Crippen LogP contribution is -2.52. The van der Waals surface area contributed by atoms with Gasteiger partial charge in [-0.1, -0.05) is 0 Å². The van der Waals surface area contributed by atoms with Gasteiger partial charge in [0.25, 0.3) is 0 Å². The Morgan fingerprint density at radius 1 is 1.14 bits per heavy atom. The number of rotatable bonds is 4. The van der Waals surface area contributed by atoms with Gasteiger partial charge in [-0.3, -0.25) is 9.59 Å². The standard InChI is InChI=1S/C21H24O8/c1-10(11(2)22)20(25)28-18-16-14(29-21(4,5)19(18)26-12(3)23)8-6-13-7-9-15(24)27-17(13)16/h6-11,18-19,22H,1-5H3/t10?,11?,18-,19-/m0/s1. The predicted molar refractivity (Wildman–Crippen MR) is 102 cm³/mol. The Morgan fingerprint density at radius 2 is 1.79 bits per heavy atom. The summed E-state index contributed by atoms with van der Waals surface area (Å²) in [6, 6.07) is 6.26. The highest BCUT2D eigenvalue weighted by Gasteiger charge is 2.50. The Bertz CT molecular complexity index is 1000. The fourth-order valence-corrected chi connectivity index (χ4v) is 3.28. The summed E-state index contributed by atoms with van der Waals surface area (Å²) in [7, 11) is 0. The number of esters is 2. The zero-order valence-electron chi connectivity index (χ0n) is 16.9. The van der Waals surface area contributed by atoms with Crippen LogP contribution < -0.4 is 10.4 Å². The average molecular weight is 404 g/mol. The van der Waals surface area contributed by atoms with Crippen LogP contribution in [0.5, 0.6) is 5.75 Å². The zero-order valence-corrected chi connectivity index (χ0v) is 16.9.